The van der Waals surface area contributed by atoms with Crippen LogP contribution in [0.5, 0.6) is 5.75 Å². The molecule has 2 heterocycles. The maximum Gasteiger partial charge on any atom is 0.283 e. The van der Waals surface area contributed by atoms with E-state index in [-0.39, 0.29) is 4.90 Å². The third-order valence-electron chi connectivity index (χ3n) is 4.39. The van der Waals surface area contributed by atoms with E-state index in [0.717, 1.165) is 28.9 Å². The second-order valence-corrected chi connectivity index (χ2v) is 7.90. The van der Waals surface area contributed by atoms with E-state index in [4.69, 9.17) is 4.74 Å². The highest BCUT2D eigenvalue weighted by molar-refractivity contribution is 7.90. The van der Waals surface area contributed by atoms with Crippen molar-refractivity contribution in [2.24, 2.45) is 0 Å². The largest absolute Gasteiger partial charge is 0.492 e. The van der Waals surface area contributed by atoms with Crippen LogP contribution in [-0.4, -0.2) is 36.8 Å². The van der Waals surface area contributed by atoms with Crippen LogP contribution >= 0.6 is 0 Å². The molecule has 0 saturated carbocycles. The Morgan fingerprint density at radius 3 is 2.80 bits per heavy atom. The fourth-order valence-corrected chi connectivity index (χ4v) is 4.33. The standard InChI is InChI=1S/C18H19N3O3S/c22-25(23,17-6-2-1-3-7-17)21-18-11-16(9-8-14(18)12-20-21)24-13-15-5-4-10-19-15/h1-3,6-9,11-12,15,19H,4-5,10,13H2. The lowest BCUT2D eigenvalue weighted by atomic mass is 10.2. The van der Waals surface area contributed by atoms with Crippen molar-refractivity contribution >= 4 is 20.9 Å². The lowest BCUT2D eigenvalue weighted by Gasteiger charge is -2.12. The van der Waals surface area contributed by atoms with E-state index in [1.807, 2.05) is 12.1 Å². The van der Waals surface area contributed by atoms with Crippen molar-refractivity contribution in [3.63, 3.8) is 0 Å². The molecule has 4 rings (SSSR count). The van der Waals surface area contributed by atoms with E-state index in [0.29, 0.717) is 23.9 Å². The number of benzene rings is 2. The lowest BCUT2D eigenvalue weighted by Crippen LogP contribution is -2.28. The monoisotopic (exact) mass is 357 g/mol. The van der Waals surface area contributed by atoms with Crippen molar-refractivity contribution in [2.45, 2.75) is 23.8 Å². The fraction of sp³-hybridized carbons (Fsp3) is 0.278. The Bertz CT molecular complexity index is 977. The van der Waals surface area contributed by atoms with Crippen LogP contribution < -0.4 is 10.1 Å². The molecule has 1 atom stereocenters. The number of nitrogens with zero attached hydrogens (tertiary/aromatic N) is 2. The molecule has 1 unspecified atom stereocenters. The van der Waals surface area contributed by atoms with Crippen LogP contribution in [0, 0.1) is 0 Å². The van der Waals surface area contributed by atoms with Crippen LogP contribution in [-0.2, 0) is 10.0 Å². The molecule has 3 aromatic rings. The van der Waals surface area contributed by atoms with Crippen LogP contribution in [0.15, 0.2) is 59.6 Å². The van der Waals surface area contributed by atoms with Gasteiger partial charge in [0, 0.05) is 17.5 Å². The number of hydrogen-bond donors (Lipinski definition) is 1. The number of rotatable bonds is 5. The molecule has 1 N–H and O–H groups in total. The molecule has 0 amide bonds. The minimum Gasteiger partial charge on any atom is -0.492 e. The Morgan fingerprint density at radius 1 is 1.20 bits per heavy atom. The first kappa shape index (κ1) is 16.1. The van der Waals surface area contributed by atoms with Gasteiger partial charge >= 0.3 is 0 Å². The molecule has 1 fully saturated rings. The van der Waals surface area contributed by atoms with Crippen molar-refractivity contribution in [2.75, 3.05) is 13.2 Å². The molecule has 0 radical (unpaired) electrons. The molecule has 7 heteroatoms. The van der Waals surface area contributed by atoms with Gasteiger partial charge in [-0.1, -0.05) is 18.2 Å². The van der Waals surface area contributed by atoms with Gasteiger partial charge in [-0.2, -0.15) is 17.6 Å². The number of ether oxygens (including phenoxy) is 1. The molecule has 1 saturated heterocycles. The molecule has 1 aromatic heterocycles. The summed E-state index contributed by atoms with van der Waals surface area (Å²) in [6.07, 6.45) is 3.82. The van der Waals surface area contributed by atoms with Gasteiger partial charge in [0.25, 0.3) is 10.0 Å². The molecule has 0 spiro atoms. The predicted octanol–water partition coefficient (Wildman–Crippen LogP) is 2.40. The average molecular weight is 357 g/mol. The van der Waals surface area contributed by atoms with Gasteiger partial charge in [-0.3, -0.25) is 0 Å². The Balaban J connectivity index is 1.67. The number of hydrogen-bond acceptors (Lipinski definition) is 5. The summed E-state index contributed by atoms with van der Waals surface area (Å²) < 4.78 is 32.6. The molecule has 2 aromatic carbocycles. The highest BCUT2D eigenvalue weighted by Crippen LogP contribution is 2.24. The molecule has 130 valence electrons. The molecular formula is C18H19N3O3S. The van der Waals surface area contributed by atoms with Gasteiger partial charge < -0.3 is 10.1 Å². The van der Waals surface area contributed by atoms with E-state index < -0.39 is 10.0 Å². The summed E-state index contributed by atoms with van der Waals surface area (Å²) in [5, 5.41) is 8.22. The van der Waals surface area contributed by atoms with Crippen LogP contribution in [0.2, 0.25) is 0 Å². The molecular weight excluding hydrogens is 338 g/mol. The summed E-state index contributed by atoms with van der Waals surface area (Å²) in [5.41, 5.74) is 0.515. The van der Waals surface area contributed by atoms with E-state index in [9.17, 15) is 8.42 Å². The predicted molar refractivity (Wildman–Crippen MR) is 95.3 cm³/mol. The highest BCUT2D eigenvalue weighted by Gasteiger charge is 2.20. The summed E-state index contributed by atoms with van der Waals surface area (Å²) >= 11 is 0. The zero-order chi connectivity index (χ0) is 17.3. The SMILES string of the molecule is O=S(=O)(c1ccccc1)n1ncc2ccc(OCC3CCCN3)cc21. The third kappa shape index (κ3) is 3.12. The summed E-state index contributed by atoms with van der Waals surface area (Å²) in [6.45, 7) is 1.60. The zero-order valence-electron chi connectivity index (χ0n) is 13.6. The van der Waals surface area contributed by atoms with Crippen LogP contribution in [0.25, 0.3) is 10.9 Å². The first-order chi connectivity index (χ1) is 12.1. The van der Waals surface area contributed by atoms with E-state index >= 15 is 0 Å². The van der Waals surface area contributed by atoms with Crippen LogP contribution in [0.3, 0.4) is 0 Å². The first-order valence-corrected chi connectivity index (χ1v) is 9.73. The molecule has 0 bridgehead atoms. The summed E-state index contributed by atoms with van der Waals surface area (Å²) in [6, 6.07) is 14.1. The summed E-state index contributed by atoms with van der Waals surface area (Å²) in [4.78, 5) is 0.210. The van der Waals surface area contributed by atoms with Gasteiger partial charge in [0.05, 0.1) is 16.6 Å². The van der Waals surface area contributed by atoms with Gasteiger partial charge in [0.1, 0.15) is 12.4 Å². The van der Waals surface area contributed by atoms with Gasteiger partial charge in [-0.15, -0.1) is 0 Å². The second-order valence-electron chi connectivity index (χ2n) is 6.13. The smallest absolute Gasteiger partial charge is 0.283 e. The maximum atomic E-state index is 12.8. The van der Waals surface area contributed by atoms with Gasteiger partial charge in [-0.25, -0.2) is 0 Å². The fourth-order valence-electron chi connectivity index (χ4n) is 3.04. The van der Waals surface area contributed by atoms with Crippen molar-refractivity contribution in [1.29, 1.82) is 0 Å². The maximum absolute atomic E-state index is 12.8. The van der Waals surface area contributed by atoms with Crippen molar-refractivity contribution in [3.05, 3.63) is 54.7 Å². The highest BCUT2D eigenvalue weighted by atomic mass is 32.2. The minimum absolute atomic E-state index is 0.210. The van der Waals surface area contributed by atoms with E-state index in [1.165, 1.54) is 0 Å². The lowest BCUT2D eigenvalue weighted by molar-refractivity contribution is 0.277. The summed E-state index contributed by atoms with van der Waals surface area (Å²) in [5.74, 6) is 0.645. The number of aromatic nitrogens is 2. The van der Waals surface area contributed by atoms with Gasteiger partial charge in [0.2, 0.25) is 0 Å². The normalized spacial score (nSPS) is 17.8. The van der Waals surface area contributed by atoms with E-state index in [1.54, 1.807) is 42.6 Å². The van der Waals surface area contributed by atoms with Gasteiger partial charge in [-0.05, 0) is 43.7 Å². The average Bonchev–Trinajstić information content (AvgIpc) is 3.30. The third-order valence-corrected chi connectivity index (χ3v) is 6.01. The quantitative estimate of drug-likeness (QED) is 0.759. The minimum atomic E-state index is -3.73. The number of fused-ring (bicyclic) bond motifs is 1. The molecule has 1 aliphatic heterocycles. The number of nitrogens with one attached hydrogen (secondary N) is 1. The Morgan fingerprint density at radius 2 is 2.04 bits per heavy atom. The van der Waals surface area contributed by atoms with Crippen molar-refractivity contribution in [1.82, 2.24) is 14.5 Å². The van der Waals surface area contributed by atoms with E-state index in [2.05, 4.69) is 10.4 Å². The Kier molecular flexibility index (Phi) is 4.19. The van der Waals surface area contributed by atoms with Crippen LogP contribution in [0.1, 0.15) is 12.8 Å². The van der Waals surface area contributed by atoms with Crippen molar-refractivity contribution in [3.8, 4) is 5.75 Å². The second kappa shape index (κ2) is 6.50. The molecule has 6 nitrogen and oxygen atoms in total. The summed E-state index contributed by atoms with van der Waals surface area (Å²) in [7, 11) is -3.73. The molecule has 25 heavy (non-hydrogen) atoms. The molecule has 1 aliphatic rings. The van der Waals surface area contributed by atoms with Crippen molar-refractivity contribution < 1.29 is 13.2 Å². The first-order valence-electron chi connectivity index (χ1n) is 8.29. The Hall–Kier alpha value is -2.38. The van der Waals surface area contributed by atoms with Gasteiger partial charge in [0.15, 0.2) is 0 Å². The Labute approximate surface area is 146 Å². The van der Waals surface area contributed by atoms with Crippen LogP contribution in [0.4, 0.5) is 0 Å². The zero-order valence-corrected chi connectivity index (χ0v) is 14.4. The topological polar surface area (TPSA) is 73.2 Å². The molecule has 0 aliphatic carbocycles.